The molecule has 2 aromatic carbocycles. The summed E-state index contributed by atoms with van der Waals surface area (Å²) in [5.74, 6) is -0.00704. The molecule has 5 heteroatoms. The number of benzene rings is 2. The van der Waals surface area contributed by atoms with Crippen LogP contribution >= 0.6 is 0 Å². The zero-order valence-corrected chi connectivity index (χ0v) is 12.8. The lowest BCUT2D eigenvalue weighted by atomic mass is 10.1. The van der Waals surface area contributed by atoms with E-state index >= 15 is 0 Å². The topological polar surface area (TPSA) is 62.5 Å². The van der Waals surface area contributed by atoms with Crippen LogP contribution in [0.25, 0.3) is 10.9 Å². The summed E-state index contributed by atoms with van der Waals surface area (Å²) in [4.78, 5) is 12.1. The molecule has 0 saturated heterocycles. The third-order valence-corrected chi connectivity index (χ3v) is 3.53. The molecule has 23 heavy (non-hydrogen) atoms. The Kier molecular flexibility index (Phi) is 3.85. The SMILES string of the molecule is COc1ccc(C(=O)Oc2ccc3cc(C)ccc3[n+]2[O-])cc1. The third-order valence-electron chi connectivity index (χ3n) is 3.53. The molecule has 0 radical (unpaired) electrons. The molecule has 5 nitrogen and oxygen atoms in total. The Balaban J connectivity index is 1.89. The summed E-state index contributed by atoms with van der Waals surface area (Å²) in [6.07, 6.45) is 0. The first kappa shape index (κ1) is 14.8. The van der Waals surface area contributed by atoms with Gasteiger partial charge in [-0.15, -0.1) is 4.73 Å². The van der Waals surface area contributed by atoms with E-state index in [2.05, 4.69) is 0 Å². The molecule has 0 aliphatic heterocycles. The second kappa shape index (κ2) is 5.96. The van der Waals surface area contributed by atoms with Crippen LogP contribution in [0.2, 0.25) is 0 Å². The molecule has 0 N–H and O–H groups in total. The maximum absolute atomic E-state index is 12.3. The second-order valence-corrected chi connectivity index (χ2v) is 5.15. The quantitative estimate of drug-likeness (QED) is 0.424. The first-order chi connectivity index (χ1) is 11.1. The number of carbonyl (C=O) groups excluding carboxylic acids is 1. The fraction of sp³-hybridized carbons (Fsp3) is 0.111. The maximum Gasteiger partial charge on any atom is 0.387 e. The van der Waals surface area contributed by atoms with Gasteiger partial charge in [-0.25, -0.2) is 4.79 Å². The van der Waals surface area contributed by atoms with E-state index in [-0.39, 0.29) is 5.88 Å². The first-order valence-corrected chi connectivity index (χ1v) is 7.07. The number of hydrogen-bond donors (Lipinski definition) is 0. The zero-order chi connectivity index (χ0) is 16.4. The van der Waals surface area contributed by atoms with Crippen LogP contribution in [0, 0.1) is 12.1 Å². The third kappa shape index (κ3) is 2.94. The highest BCUT2D eigenvalue weighted by molar-refractivity contribution is 5.91. The van der Waals surface area contributed by atoms with E-state index in [1.165, 1.54) is 6.07 Å². The van der Waals surface area contributed by atoms with Gasteiger partial charge in [0.25, 0.3) is 0 Å². The lowest BCUT2D eigenvalue weighted by Crippen LogP contribution is -2.31. The summed E-state index contributed by atoms with van der Waals surface area (Å²) in [5.41, 5.74) is 1.85. The van der Waals surface area contributed by atoms with Crippen molar-refractivity contribution < 1.29 is 19.0 Å². The fourth-order valence-corrected chi connectivity index (χ4v) is 2.30. The van der Waals surface area contributed by atoms with Gasteiger partial charge in [0, 0.05) is 11.5 Å². The minimum absolute atomic E-state index is 0.0535. The Bertz CT molecular complexity index is 872. The van der Waals surface area contributed by atoms with Crippen molar-refractivity contribution in [3.05, 3.63) is 70.9 Å². The number of pyridine rings is 1. The van der Waals surface area contributed by atoms with E-state index in [1.54, 1.807) is 43.5 Å². The Hall–Kier alpha value is -3.08. The van der Waals surface area contributed by atoms with Gasteiger partial charge in [0.2, 0.25) is 5.52 Å². The number of carbonyl (C=O) groups is 1. The van der Waals surface area contributed by atoms with E-state index in [0.29, 0.717) is 21.6 Å². The Morgan fingerprint density at radius 3 is 2.48 bits per heavy atom. The smallest absolute Gasteiger partial charge is 0.387 e. The predicted octanol–water partition coefficient (Wildman–Crippen LogP) is 3.01. The average molecular weight is 309 g/mol. The van der Waals surface area contributed by atoms with Crippen LogP contribution in [-0.2, 0) is 0 Å². The van der Waals surface area contributed by atoms with Crippen LogP contribution in [0.15, 0.2) is 54.6 Å². The molecule has 0 atom stereocenters. The molecule has 3 rings (SSSR count). The van der Waals surface area contributed by atoms with Gasteiger partial charge in [-0.05, 0) is 43.3 Å². The molecule has 0 saturated carbocycles. The molecule has 0 aliphatic rings. The molecule has 116 valence electrons. The van der Waals surface area contributed by atoms with E-state index in [4.69, 9.17) is 9.47 Å². The molecule has 3 aromatic rings. The second-order valence-electron chi connectivity index (χ2n) is 5.15. The van der Waals surface area contributed by atoms with Crippen molar-refractivity contribution in [2.75, 3.05) is 7.11 Å². The van der Waals surface area contributed by atoms with Crippen LogP contribution in [0.3, 0.4) is 0 Å². The molecule has 1 heterocycles. The summed E-state index contributed by atoms with van der Waals surface area (Å²) in [6, 6.07) is 15.2. The van der Waals surface area contributed by atoms with Gasteiger partial charge in [0.15, 0.2) is 0 Å². The summed E-state index contributed by atoms with van der Waals surface area (Å²) in [6.45, 7) is 1.95. The minimum atomic E-state index is -0.594. The lowest BCUT2D eigenvalue weighted by Gasteiger charge is -2.08. The lowest BCUT2D eigenvalue weighted by molar-refractivity contribution is -0.582. The first-order valence-electron chi connectivity index (χ1n) is 7.07. The summed E-state index contributed by atoms with van der Waals surface area (Å²) >= 11 is 0. The fourth-order valence-electron chi connectivity index (χ4n) is 2.30. The number of ether oxygens (including phenoxy) is 2. The number of esters is 1. The zero-order valence-electron chi connectivity index (χ0n) is 12.8. The van der Waals surface area contributed by atoms with Gasteiger partial charge in [-0.3, -0.25) is 0 Å². The van der Waals surface area contributed by atoms with Gasteiger partial charge in [0.1, 0.15) is 5.75 Å². The highest BCUT2D eigenvalue weighted by atomic mass is 16.6. The summed E-state index contributed by atoms with van der Waals surface area (Å²) < 4.78 is 10.9. The Labute approximate surface area is 133 Å². The van der Waals surface area contributed by atoms with Gasteiger partial charge < -0.3 is 14.7 Å². The highest BCUT2D eigenvalue weighted by Gasteiger charge is 2.17. The van der Waals surface area contributed by atoms with Crippen LogP contribution in [0.5, 0.6) is 11.6 Å². The van der Waals surface area contributed by atoms with Crippen molar-refractivity contribution in [3.63, 3.8) is 0 Å². The van der Waals surface area contributed by atoms with Crippen molar-refractivity contribution in [2.45, 2.75) is 6.92 Å². The van der Waals surface area contributed by atoms with Gasteiger partial charge >= 0.3 is 11.8 Å². The summed E-state index contributed by atoms with van der Waals surface area (Å²) in [7, 11) is 1.55. The number of rotatable bonds is 3. The molecular formula is C18H15NO4. The van der Waals surface area contributed by atoms with Crippen LogP contribution in [-0.4, -0.2) is 13.1 Å². The van der Waals surface area contributed by atoms with Crippen molar-refractivity contribution >= 4 is 16.9 Å². The number of aromatic nitrogens is 1. The largest absolute Gasteiger partial charge is 0.616 e. The minimum Gasteiger partial charge on any atom is -0.616 e. The number of hydrogen-bond acceptors (Lipinski definition) is 4. The number of nitrogens with zero attached hydrogens (tertiary/aromatic N) is 1. The van der Waals surface area contributed by atoms with E-state index in [9.17, 15) is 10.0 Å². The molecular weight excluding hydrogens is 294 g/mol. The van der Waals surface area contributed by atoms with Gasteiger partial charge in [-0.1, -0.05) is 11.6 Å². The molecule has 0 spiro atoms. The van der Waals surface area contributed by atoms with Crippen molar-refractivity contribution in [1.82, 2.24) is 0 Å². The molecule has 0 aliphatic carbocycles. The van der Waals surface area contributed by atoms with Crippen LogP contribution in [0.1, 0.15) is 15.9 Å². The molecule has 1 aromatic heterocycles. The van der Waals surface area contributed by atoms with Gasteiger partial charge in [-0.2, -0.15) is 0 Å². The Morgan fingerprint density at radius 2 is 1.78 bits per heavy atom. The van der Waals surface area contributed by atoms with Crippen molar-refractivity contribution in [3.8, 4) is 11.6 Å². The number of fused-ring (bicyclic) bond motifs is 1. The van der Waals surface area contributed by atoms with Crippen molar-refractivity contribution in [1.29, 1.82) is 0 Å². The highest BCUT2D eigenvalue weighted by Crippen LogP contribution is 2.18. The molecule has 0 bridgehead atoms. The predicted molar refractivity (Wildman–Crippen MR) is 85.6 cm³/mol. The van der Waals surface area contributed by atoms with Crippen molar-refractivity contribution in [2.24, 2.45) is 0 Å². The Morgan fingerprint density at radius 1 is 1.04 bits per heavy atom. The standard InChI is InChI=1S/C18H15NO4/c1-12-3-9-16-14(11-12)6-10-17(19(16)21)23-18(20)13-4-7-15(22-2)8-5-13/h3-11H,1-2H3. The molecule has 0 unspecified atom stereocenters. The van der Waals surface area contributed by atoms with E-state index in [0.717, 1.165) is 10.9 Å². The number of aryl methyl sites for hydroxylation is 1. The normalized spacial score (nSPS) is 10.5. The van der Waals surface area contributed by atoms with E-state index < -0.39 is 5.97 Å². The van der Waals surface area contributed by atoms with Crippen LogP contribution < -0.4 is 14.2 Å². The summed E-state index contributed by atoms with van der Waals surface area (Å²) in [5, 5.41) is 13.1. The number of methoxy groups -OCH3 is 1. The van der Waals surface area contributed by atoms with Crippen LogP contribution in [0.4, 0.5) is 0 Å². The molecule has 0 fully saturated rings. The van der Waals surface area contributed by atoms with E-state index in [1.807, 2.05) is 19.1 Å². The average Bonchev–Trinajstić information content (AvgIpc) is 2.57. The molecule has 0 amide bonds. The maximum atomic E-state index is 12.3. The monoisotopic (exact) mass is 309 g/mol. The van der Waals surface area contributed by atoms with Gasteiger partial charge in [0.05, 0.1) is 18.7 Å².